The topological polar surface area (TPSA) is 12.9 Å². The van der Waals surface area contributed by atoms with Crippen LogP contribution in [0, 0.1) is 0 Å². The minimum absolute atomic E-state index is 0.200. The van der Waals surface area contributed by atoms with Crippen LogP contribution in [0.15, 0.2) is 5.38 Å². The van der Waals surface area contributed by atoms with Crippen LogP contribution < -0.4 is 0 Å². The Morgan fingerprint density at radius 3 is 2.91 bits per heavy atom. The van der Waals surface area contributed by atoms with Crippen molar-refractivity contribution in [2.75, 3.05) is 0 Å². The Morgan fingerprint density at radius 1 is 1.73 bits per heavy atom. The molecule has 0 fully saturated rings. The fraction of sp³-hybridized carbons (Fsp3) is 0.625. The average molecular weight is 190 g/mol. The second-order valence-electron chi connectivity index (χ2n) is 2.57. The summed E-state index contributed by atoms with van der Waals surface area (Å²) in [7, 11) is 0. The minimum atomic E-state index is 0.200. The Balaban J connectivity index is 2.58. The summed E-state index contributed by atoms with van der Waals surface area (Å²) in [6, 6.07) is 0. The molecule has 0 radical (unpaired) electrons. The van der Waals surface area contributed by atoms with Crippen molar-refractivity contribution in [3.63, 3.8) is 0 Å². The normalized spacial score (nSPS) is 13.4. The number of halogens is 1. The van der Waals surface area contributed by atoms with Gasteiger partial charge in [-0.05, 0) is 13.3 Å². The number of alkyl halides is 1. The van der Waals surface area contributed by atoms with Gasteiger partial charge in [-0.1, -0.05) is 6.92 Å². The van der Waals surface area contributed by atoms with E-state index in [1.165, 1.54) is 5.69 Å². The first kappa shape index (κ1) is 9.01. The first-order valence-electron chi connectivity index (χ1n) is 3.79. The van der Waals surface area contributed by atoms with E-state index in [-0.39, 0.29) is 5.38 Å². The van der Waals surface area contributed by atoms with Crippen LogP contribution >= 0.6 is 22.9 Å². The van der Waals surface area contributed by atoms with E-state index in [4.69, 9.17) is 11.6 Å². The van der Waals surface area contributed by atoms with Crippen molar-refractivity contribution in [3.8, 4) is 0 Å². The molecule has 0 N–H and O–H groups in total. The standard InChI is InChI=1S/C8H12ClNS/c1-3-7-5-11-8(10-7)4-6(2)9/h5-6H,3-4H2,1-2H3. The number of aryl methyl sites for hydroxylation is 1. The molecule has 62 valence electrons. The molecule has 1 atom stereocenters. The summed E-state index contributed by atoms with van der Waals surface area (Å²) < 4.78 is 0. The first-order chi connectivity index (χ1) is 5.22. The van der Waals surface area contributed by atoms with Crippen molar-refractivity contribution in [2.24, 2.45) is 0 Å². The summed E-state index contributed by atoms with van der Waals surface area (Å²) in [5.41, 5.74) is 1.18. The molecule has 0 spiro atoms. The van der Waals surface area contributed by atoms with E-state index in [0.29, 0.717) is 0 Å². The SMILES string of the molecule is CCc1csc(CC(C)Cl)n1. The number of hydrogen-bond donors (Lipinski definition) is 0. The number of hydrogen-bond acceptors (Lipinski definition) is 2. The molecule has 0 saturated heterocycles. The van der Waals surface area contributed by atoms with Crippen LogP contribution in [0.3, 0.4) is 0 Å². The van der Waals surface area contributed by atoms with Crippen molar-refractivity contribution in [1.29, 1.82) is 0 Å². The van der Waals surface area contributed by atoms with Gasteiger partial charge < -0.3 is 0 Å². The molecule has 11 heavy (non-hydrogen) atoms. The highest BCUT2D eigenvalue weighted by molar-refractivity contribution is 7.09. The third-order valence-corrected chi connectivity index (χ3v) is 2.49. The van der Waals surface area contributed by atoms with Gasteiger partial charge in [0.1, 0.15) is 0 Å². The maximum atomic E-state index is 5.83. The molecule has 0 aliphatic carbocycles. The quantitative estimate of drug-likeness (QED) is 0.667. The maximum absolute atomic E-state index is 5.83. The molecule has 1 unspecified atom stereocenters. The van der Waals surface area contributed by atoms with Gasteiger partial charge in [0.25, 0.3) is 0 Å². The van der Waals surface area contributed by atoms with Gasteiger partial charge in [0.2, 0.25) is 0 Å². The minimum Gasteiger partial charge on any atom is -0.246 e. The van der Waals surface area contributed by atoms with E-state index in [1.807, 2.05) is 6.92 Å². The molecular formula is C8H12ClNS. The monoisotopic (exact) mass is 189 g/mol. The van der Waals surface area contributed by atoms with Crippen LogP contribution in [-0.4, -0.2) is 10.4 Å². The van der Waals surface area contributed by atoms with Crippen molar-refractivity contribution in [3.05, 3.63) is 16.1 Å². The van der Waals surface area contributed by atoms with Crippen LogP contribution in [0.25, 0.3) is 0 Å². The Hall–Kier alpha value is -0.0800. The van der Waals surface area contributed by atoms with Crippen LogP contribution in [0.5, 0.6) is 0 Å². The van der Waals surface area contributed by atoms with Crippen molar-refractivity contribution in [2.45, 2.75) is 32.1 Å². The summed E-state index contributed by atoms with van der Waals surface area (Å²) >= 11 is 7.54. The van der Waals surface area contributed by atoms with Crippen molar-refractivity contribution < 1.29 is 0 Å². The molecule has 0 saturated carbocycles. The lowest BCUT2D eigenvalue weighted by atomic mass is 10.3. The van der Waals surface area contributed by atoms with Gasteiger partial charge in [-0.3, -0.25) is 0 Å². The molecule has 0 bridgehead atoms. The molecule has 0 aliphatic heterocycles. The Morgan fingerprint density at radius 2 is 2.45 bits per heavy atom. The zero-order chi connectivity index (χ0) is 8.27. The second kappa shape index (κ2) is 4.07. The highest BCUT2D eigenvalue weighted by Crippen LogP contribution is 2.13. The van der Waals surface area contributed by atoms with Crippen LogP contribution in [0.2, 0.25) is 0 Å². The average Bonchev–Trinajstić information content (AvgIpc) is 2.34. The Kier molecular flexibility index (Phi) is 3.34. The molecule has 1 aromatic rings. The third-order valence-electron chi connectivity index (χ3n) is 1.42. The largest absolute Gasteiger partial charge is 0.246 e. The molecule has 0 aliphatic rings. The van der Waals surface area contributed by atoms with Gasteiger partial charge in [-0.15, -0.1) is 22.9 Å². The molecule has 1 aromatic heterocycles. The van der Waals surface area contributed by atoms with Crippen LogP contribution in [0.4, 0.5) is 0 Å². The summed E-state index contributed by atoms with van der Waals surface area (Å²) in [5.74, 6) is 0. The lowest BCUT2D eigenvalue weighted by Gasteiger charge is -1.95. The zero-order valence-electron chi connectivity index (χ0n) is 6.80. The van der Waals surface area contributed by atoms with Gasteiger partial charge in [-0.2, -0.15) is 0 Å². The summed E-state index contributed by atoms with van der Waals surface area (Å²) in [6.45, 7) is 4.11. The maximum Gasteiger partial charge on any atom is 0.0942 e. The van der Waals surface area contributed by atoms with Gasteiger partial charge in [-0.25, -0.2) is 4.98 Å². The Labute approximate surface area is 76.4 Å². The van der Waals surface area contributed by atoms with E-state index >= 15 is 0 Å². The number of thiazole rings is 1. The first-order valence-corrected chi connectivity index (χ1v) is 5.11. The smallest absolute Gasteiger partial charge is 0.0942 e. The molecule has 1 heterocycles. The fourth-order valence-electron chi connectivity index (χ4n) is 0.846. The summed E-state index contributed by atoms with van der Waals surface area (Å²) in [6.07, 6.45) is 1.92. The highest BCUT2D eigenvalue weighted by Gasteiger charge is 2.03. The Bertz CT molecular complexity index is 220. The van der Waals surface area contributed by atoms with Crippen LogP contribution in [-0.2, 0) is 12.8 Å². The predicted octanol–water partition coefficient (Wildman–Crippen LogP) is 2.88. The van der Waals surface area contributed by atoms with E-state index in [9.17, 15) is 0 Å². The number of rotatable bonds is 3. The van der Waals surface area contributed by atoms with Gasteiger partial charge in [0.15, 0.2) is 0 Å². The lowest BCUT2D eigenvalue weighted by molar-refractivity contribution is 0.901. The molecular weight excluding hydrogens is 178 g/mol. The third kappa shape index (κ3) is 2.80. The van der Waals surface area contributed by atoms with E-state index in [1.54, 1.807) is 11.3 Å². The molecule has 3 heteroatoms. The van der Waals surface area contributed by atoms with Crippen molar-refractivity contribution >= 4 is 22.9 Å². The second-order valence-corrected chi connectivity index (χ2v) is 4.26. The predicted molar refractivity (Wildman–Crippen MR) is 50.5 cm³/mol. The van der Waals surface area contributed by atoms with Gasteiger partial charge in [0, 0.05) is 17.2 Å². The molecule has 0 amide bonds. The van der Waals surface area contributed by atoms with E-state index in [2.05, 4.69) is 17.3 Å². The van der Waals surface area contributed by atoms with E-state index < -0.39 is 0 Å². The lowest BCUT2D eigenvalue weighted by Crippen LogP contribution is -1.96. The van der Waals surface area contributed by atoms with Gasteiger partial charge in [0.05, 0.1) is 10.7 Å². The van der Waals surface area contributed by atoms with Gasteiger partial charge >= 0.3 is 0 Å². The zero-order valence-corrected chi connectivity index (χ0v) is 8.37. The fourth-order valence-corrected chi connectivity index (χ4v) is 2.09. The van der Waals surface area contributed by atoms with Crippen LogP contribution in [0.1, 0.15) is 24.5 Å². The summed E-state index contributed by atoms with van der Waals surface area (Å²) in [4.78, 5) is 4.40. The highest BCUT2D eigenvalue weighted by atomic mass is 35.5. The molecule has 0 aromatic carbocycles. The number of nitrogens with zero attached hydrogens (tertiary/aromatic N) is 1. The molecule has 1 nitrogen and oxygen atoms in total. The van der Waals surface area contributed by atoms with Crippen molar-refractivity contribution in [1.82, 2.24) is 4.98 Å². The number of aromatic nitrogens is 1. The molecule has 1 rings (SSSR count). The van der Waals surface area contributed by atoms with E-state index in [0.717, 1.165) is 17.8 Å². The summed E-state index contributed by atoms with van der Waals surface area (Å²) in [5, 5.41) is 3.46.